The van der Waals surface area contributed by atoms with Gasteiger partial charge in [-0.15, -0.1) is 0 Å². The molecule has 0 radical (unpaired) electrons. The number of carbonyl (C=O) groups is 2. The number of hydrogen-bond acceptors (Lipinski definition) is 2. The van der Waals surface area contributed by atoms with Gasteiger partial charge in [0.15, 0.2) is 0 Å². The monoisotopic (exact) mass is 312 g/mol. The van der Waals surface area contributed by atoms with E-state index in [1.807, 2.05) is 40.1 Å². The summed E-state index contributed by atoms with van der Waals surface area (Å²) in [5.41, 5.74) is 0.787. The Balaban J connectivity index is 1.37. The summed E-state index contributed by atoms with van der Waals surface area (Å²) in [5, 5.41) is 0. The van der Waals surface area contributed by atoms with Crippen molar-refractivity contribution in [1.29, 1.82) is 0 Å². The minimum Gasteiger partial charge on any atom is -0.342 e. The highest BCUT2D eigenvalue weighted by Gasteiger charge is 2.54. The highest BCUT2D eigenvalue weighted by molar-refractivity contribution is 6.04. The van der Waals surface area contributed by atoms with Gasteiger partial charge in [0.25, 0.3) is 0 Å². The van der Waals surface area contributed by atoms with Gasteiger partial charge in [-0.25, -0.2) is 0 Å². The van der Waals surface area contributed by atoms with E-state index in [1.54, 1.807) is 0 Å². The molecule has 122 valence electrons. The normalized spacial score (nSPS) is 24.1. The molecular formula is C19H24N2O2. The van der Waals surface area contributed by atoms with Gasteiger partial charge in [0.2, 0.25) is 11.8 Å². The summed E-state index contributed by atoms with van der Waals surface area (Å²) >= 11 is 0. The average Bonchev–Trinajstić information content (AvgIpc) is 3.14. The average molecular weight is 312 g/mol. The third kappa shape index (κ3) is 2.44. The number of anilines is 1. The zero-order chi connectivity index (χ0) is 15.9. The molecule has 0 unspecified atom stereocenters. The van der Waals surface area contributed by atoms with E-state index >= 15 is 0 Å². The minimum atomic E-state index is -0.206. The first-order valence-corrected chi connectivity index (χ1v) is 8.85. The topological polar surface area (TPSA) is 40.6 Å². The van der Waals surface area contributed by atoms with E-state index in [1.165, 1.54) is 12.8 Å². The Bertz CT molecular complexity index is 599. The molecule has 0 aromatic heterocycles. The van der Waals surface area contributed by atoms with Crippen LogP contribution in [0.2, 0.25) is 0 Å². The number of carbonyl (C=O) groups excluding carboxylic acids is 2. The van der Waals surface area contributed by atoms with Crippen LogP contribution in [0.25, 0.3) is 0 Å². The summed E-state index contributed by atoms with van der Waals surface area (Å²) in [6, 6.07) is 9.89. The predicted molar refractivity (Wildman–Crippen MR) is 89.0 cm³/mol. The van der Waals surface area contributed by atoms with Crippen LogP contribution >= 0.6 is 0 Å². The van der Waals surface area contributed by atoms with Crippen molar-refractivity contribution < 1.29 is 9.59 Å². The van der Waals surface area contributed by atoms with E-state index in [4.69, 9.17) is 0 Å². The van der Waals surface area contributed by atoms with Gasteiger partial charge >= 0.3 is 0 Å². The SMILES string of the molecule is O=C(C1CCCC1)N1CCC2(CC1)CN(c1ccccc1)C2=O. The Morgan fingerprint density at radius 1 is 1.04 bits per heavy atom. The van der Waals surface area contributed by atoms with Gasteiger partial charge in [-0.2, -0.15) is 0 Å². The lowest BCUT2D eigenvalue weighted by atomic mass is 9.70. The van der Waals surface area contributed by atoms with Crippen molar-refractivity contribution in [1.82, 2.24) is 4.90 Å². The number of likely N-dealkylation sites (tertiary alicyclic amines) is 1. The van der Waals surface area contributed by atoms with Crippen LogP contribution in [0.5, 0.6) is 0 Å². The van der Waals surface area contributed by atoms with E-state index < -0.39 is 0 Å². The lowest BCUT2D eigenvalue weighted by molar-refractivity contribution is -0.146. The summed E-state index contributed by atoms with van der Waals surface area (Å²) in [4.78, 5) is 29.1. The third-order valence-corrected chi connectivity index (χ3v) is 5.96. The quantitative estimate of drug-likeness (QED) is 0.788. The fourth-order valence-electron chi connectivity index (χ4n) is 4.41. The molecule has 1 aromatic carbocycles. The maximum Gasteiger partial charge on any atom is 0.235 e. The number of hydrogen-bond donors (Lipinski definition) is 0. The first-order chi connectivity index (χ1) is 11.2. The van der Waals surface area contributed by atoms with Crippen LogP contribution < -0.4 is 4.90 Å². The van der Waals surface area contributed by atoms with Crippen LogP contribution in [0.4, 0.5) is 5.69 Å². The highest BCUT2D eigenvalue weighted by atomic mass is 16.2. The van der Waals surface area contributed by atoms with Crippen molar-refractivity contribution in [3.05, 3.63) is 30.3 Å². The first kappa shape index (κ1) is 14.7. The largest absolute Gasteiger partial charge is 0.342 e. The molecule has 1 aliphatic carbocycles. The smallest absolute Gasteiger partial charge is 0.235 e. The van der Waals surface area contributed by atoms with E-state index in [9.17, 15) is 9.59 Å². The van der Waals surface area contributed by atoms with Gasteiger partial charge in [-0.1, -0.05) is 31.0 Å². The molecule has 1 aromatic rings. The summed E-state index contributed by atoms with van der Waals surface area (Å²) in [6.45, 7) is 2.31. The fraction of sp³-hybridized carbons (Fsp3) is 0.579. The predicted octanol–water partition coefficient (Wildman–Crippen LogP) is 2.83. The molecule has 0 atom stereocenters. The van der Waals surface area contributed by atoms with Crippen molar-refractivity contribution >= 4 is 17.5 Å². The van der Waals surface area contributed by atoms with Crippen molar-refractivity contribution in [2.75, 3.05) is 24.5 Å². The molecule has 2 saturated heterocycles. The molecule has 4 heteroatoms. The second-order valence-electron chi connectivity index (χ2n) is 7.31. The van der Waals surface area contributed by atoms with Crippen molar-refractivity contribution in [3.8, 4) is 0 Å². The van der Waals surface area contributed by atoms with E-state index in [0.29, 0.717) is 5.91 Å². The Hall–Kier alpha value is -1.84. The molecule has 1 spiro atoms. The van der Waals surface area contributed by atoms with Crippen LogP contribution in [-0.2, 0) is 9.59 Å². The minimum absolute atomic E-state index is 0.206. The van der Waals surface area contributed by atoms with Gasteiger partial charge < -0.3 is 9.80 Å². The summed E-state index contributed by atoms with van der Waals surface area (Å²) in [5.74, 6) is 0.836. The number of β-lactam (4-membered cyclic amide) rings is 1. The van der Waals surface area contributed by atoms with Crippen LogP contribution in [0.1, 0.15) is 38.5 Å². The molecular weight excluding hydrogens is 288 g/mol. The summed E-state index contributed by atoms with van der Waals surface area (Å²) in [7, 11) is 0. The Morgan fingerprint density at radius 3 is 2.30 bits per heavy atom. The number of piperidine rings is 1. The molecule has 2 heterocycles. The molecule has 4 nitrogen and oxygen atoms in total. The molecule has 2 amide bonds. The maximum absolute atomic E-state index is 12.7. The number of rotatable bonds is 2. The molecule has 1 saturated carbocycles. The molecule has 3 aliphatic rings. The number of para-hydroxylation sites is 1. The first-order valence-electron chi connectivity index (χ1n) is 8.85. The number of amides is 2. The third-order valence-electron chi connectivity index (χ3n) is 5.96. The molecule has 23 heavy (non-hydrogen) atoms. The van der Waals surface area contributed by atoms with E-state index in [-0.39, 0.29) is 17.2 Å². The van der Waals surface area contributed by atoms with Crippen LogP contribution in [-0.4, -0.2) is 36.3 Å². The van der Waals surface area contributed by atoms with Crippen LogP contribution in [0, 0.1) is 11.3 Å². The summed E-state index contributed by atoms with van der Waals surface area (Å²) < 4.78 is 0. The van der Waals surface area contributed by atoms with Gasteiger partial charge in [-0.05, 0) is 37.8 Å². The number of nitrogens with zero attached hydrogens (tertiary/aromatic N) is 2. The van der Waals surface area contributed by atoms with Gasteiger partial charge in [0.1, 0.15) is 0 Å². The number of benzene rings is 1. The fourth-order valence-corrected chi connectivity index (χ4v) is 4.41. The van der Waals surface area contributed by atoms with Crippen molar-refractivity contribution in [2.45, 2.75) is 38.5 Å². The van der Waals surface area contributed by atoms with Crippen molar-refractivity contribution in [3.63, 3.8) is 0 Å². The van der Waals surface area contributed by atoms with E-state index in [0.717, 1.165) is 51.0 Å². The zero-order valence-corrected chi connectivity index (χ0v) is 13.5. The standard InChI is InChI=1S/C19H24N2O2/c22-17(15-6-4-5-7-15)20-12-10-19(11-13-20)14-21(18(19)23)16-8-2-1-3-9-16/h1-3,8-9,15H,4-7,10-14H2. The zero-order valence-electron chi connectivity index (χ0n) is 13.5. The Labute approximate surface area is 137 Å². The Morgan fingerprint density at radius 2 is 1.70 bits per heavy atom. The Kier molecular flexibility index (Phi) is 3.63. The maximum atomic E-state index is 12.7. The van der Waals surface area contributed by atoms with Crippen LogP contribution in [0.3, 0.4) is 0 Å². The lowest BCUT2D eigenvalue weighted by Gasteiger charge is -2.52. The second kappa shape index (κ2) is 5.66. The lowest BCUT2D eigenvalue weighted by Crippen LogP contribution is -2.65. The van der Waals surface area contributed by atoms with Gasteiger partial charge in [-0.3, -0.25) is 9.59 Å². The molecule has 3 fully saturated rings. The van der Waals surface area contributed by atoms with Crippen molar-refractivity contribution in [2.24, 2.45) is 11.3 Å². The van der Waals surface area contributed by atoms with Crippen LogP contribution in [0.15, 0.2) is 30.3 Å². The van der Waals surface area contributed by atoms with E-state index in [2.05, 4.69) is 0 Å². The summed E-state index contributed by atoms with van der Waals surface area (Å²) in [6.07, 6.45) is 6.15. The van der Waals surface area contributed by atoms with Gasteiger partial charge in [0, 0.05) is 31.2 Å². The second-order valence-corrected chi connectivity index (χ2v) is 7.31. The molecule has 2 aliphatic heterocycles. The molecule has 0 bridgehead atoms. The molecule has 4 rings (SSSR count). The highest BCUT2D eigenvalue weighted by Crippen LogP contribution is 2.44. The van der Waals surface area contributed by atoms with Gasteiger partial charge in [0.05, 0.1) is 5.41 Å². The molecule has 0 N–H and O–H groups in total.